The molecule has 7 heteroatoms. The lowest BCUT2D eigenvalue weighted by molar-refractivity contribution is -0.385. The predicted molar refractivity (Wildman–Crippen MR) is 62.4 cm³/mol. The molecule has 0 amide bonds. The largest absolute Gasteiger partial charge is 0.432 e. The predicted octanol–water partition coefficient (Wildman–Crippen LogP) is 3.57. The third-order valence-corrected chi connectivity index (χ3v) is 2.26. The number of nitro groups is 1. The van der Waals surface area contributed by atoms with Gasteiger partial charge >= 0.3 is 5.69 Å². The fourth-order valence-corrected chi connectivity index (χ4v) is 1.44. The van der Waals surface area contributed by atoms with Crippen LogP contribution in [0, 0.1) is 16.1 Å². The van der Waals surface area contributed by atoms with Crippen LogP contribution in [0.25, 0.3) is 0 Å². The maximum Gasteiger partial charge on any atom is 0.311 e. The van der Waals surface area contributed by atoms with E-state index in [2.05, 4.69) is 4.98 Å². The first kappa shape index (κ1) is 12.3. The molecule has 92 valence electrons. The zero-order valence-corrected chi connectivity index (χ0v) is 9.60. The zero-order chi connectivity index (χ0) is 13.1. The van der Waals surface area contributed by atoms with Gasteiger partial charge in [-0.15, -0.1) is 0 Å². The van der Waals surface area contributed by atoms with Crippen LogP contribution >= 0.6 is 11.6 Å². The summed E-state index contributed by atoms with van der Waals surface area (Å²) in [4.78, 5) is 13.6. The van der Waals surface area contributed by atoms with Gasteiger partial charge in [0.25, 0.3) is 0 Å². The van der Waals surface area contributed by atoms with Crippen LogP contribution in [-0.4, -0.2) is 9.91 Å². The molecule has 0 N–H and O–H groups in total. The van der Waals surface area contributed by atoms with Gasteiger partial charge in [-0.25, -0.2) is 0 Å². The highest BCUT2D eigenvalue weighted by molar-refractivity contribution is 6.30. The van der Waals surface area contributed by atoms with E-state index in [0.29, 0.717) is 0 Å². The van der Waals surface area contributed by atoms with Gasteiger partial charge in [0.2, 0.25) is 17.6 Å². The molecule has 0 unspecified atom stereocenters. The van der Waals surface area contributed by atoms with Crippen molar-refractivity contribution in [3.63, 3.8) is 0 Å². The van der Waals surface area contributed by atoms with Gasteiger partial charge in [-0.05, 0) is 12.1 Å². The Balaban J connectivity index is 2.39. The second kappa shape index (κ2) is 4.97. The van der Waals surface area contributed by atoms with E-state index < -0.39 is 10.9 Å². The Kier molecular flexibility index (Phi) is 3.38. The van der Waals surface area contributed by atoms with Crippen LogP contribution < -0.4 is 4.74 Å². The molecule has 2 aromatic rings. The minimum Gasteiger partial charge on any atom is -0.432 e. The lowest BCUT2D eigenvalue weighted by Gasteiger charge is -2.05. The van der Waals surface area contributed by atoms with Crippen molar-refractivity contribution in [1.82, 2.24) is 4.98 Å². The minimum absolute atomic E-state index is 0.0830. The van der Waals surface area contributed by atoms with Gasteiger partial charge in [0.1, 0.15) is 0 Å². The fraction of sp³-hybridized carbons (Fsp3) is 0. The first-order valence-electron chi connectivity index (χ1n) is 4.80. The van der Waals surface area contributed by atoms with Gasteiger partial charge in [0.05, 0.1) is 4.92 Å². The fourth-order valence-electron chi connectivity index (χ4n) is 1.28. The monoisotopic (exact) mass is 268 g/mol. The Morgan fingerprint density at radius 3 is 2.78 bits per heavy atom. The molecule has 0 saturated heterocycles. The minimum atomic E-state index is -0.739. The van der Waals surface area contributed by atoms with Crippen molar-refractivity contribution in [2.24, 2.45) is 0 Å². The maximum absolute atomic E-state index is 12.9. The Morgan fingerprint density at radius 2 is 2.11 bits per heavy atom. The lowest BCUT2D eigenvalue weighted by Crippen LogP contribution is -1.95. The van der Waals surface area contributed by atoms with E-state index in [1.807, 2.05) is 0 Å². The van der Waals surface area contributed by atoms with E-state index in [9.17, 15) is 14.5 Å². The number of halogens is 2. The first-order valence-corrected chi connectivity index (χ1v) is 5.18. The SMILES string of the molecule is O=[N+]([O-])c1ccc(Cl)cc1Oc1cccc(F)n1. The van der Waals surface area contributed by atoms with Crippen molar-refractivity contribution in [2.45, 2.75) is 0 Å². The molecule has 1 aromatic heterocycles. The Labute approximate surface area is 106 Å². The molecule has 2 rings (SSSR count). The van der Waals surface area contributed by atoms with Gasteiger partial charge in [0.15, 0.2) is 0 Å². The van der Waals surface area contributed by atoms with Crippen LogP contribution in [-0.2, 0) is 0 Å². The third-order valence-electron chi connectivity index (χ3n) is 2.02. The highest BCUT2D eigenvalue weighted by atomic mass is 35.5. The van der Waals surface area contributed by atoms with E-state index in [4.69, 9.17) is 16.3 Å². The number of ether oxygens (including phenoxy) is 1. The zero-order valence-electron chi connectivity index (χ0n) is 8.84. The molecule has 0 saturated carbocycles. The summed E-state index contributed by atoms with van der Waals surface area (Å²) in [6.45, 7) is 0. The average molecular weight is 269 g/mol. The molecule has 1 aromatic carbocycles. The smallest absolute Gasteiger partial charge is 0.311 e. The van der Waals surface area contributed by atoms with Gasteiger partial charge < -0.3 is 4.74 Å². The van der Waals surface area contributed by atoms with Crippen LogP contribution in [0.15, 0.2) is 36.4 Å². The lowest BCUT2D eigenvalue weighted by atomic mass is 10.3. The van der Waals surface area contributed by atoms with Gasteiger partial charge in [-0.3, -0.25) is 10.1 Å². The van der Waals surface area contributed by atoms with Crippen molar-refractivity contribution >= 4 is 17.3 Å². The van der Waals surface area contributed by atoms with E-state index in [1.54, 1.807) is 0 Å². The van der Waals surface area contributed by atoms with Crippen molar-refractivity contribution in [1.29, 1.82) is 0 Å². The molecule has 0 bridgehead atoms. The highest BCUT2D eigenvalue weighted by Crippen LogP contribution is 2.32. The normalized spacial score (nSPS) is 10.1. The standard InChI is InChI=1S/C11H6ClFN2O3/c12-7-4-5-8(15(16)17)9(6-7)18-11-3-1-2-10(13)14-11/h1-6H. The molecule has 0 aliphatic carbocycles. The summed E-state index contributed by atoms with van der Waals surface area (Å²) in [5, 5.41) is 11.0. The second-order valence-electron chi connectivity index (χ2n) is 3.27. The van der Waals surface area contributed by atoms with Crippen LogP contribution in [0.4, 0.5) is 10.1 Å². The number of hydrogen-bond donors (Lipinski definition) is 0. The molecule has 0 atom stereocenters. The van der Waals surface area contributed by atoms with Gasteiger partial charge in [-0.1, -0.05) is 17.7 Å². The summed E-state index contributed by atoms with van der Waals surface area (Å²) in [6.07, 6.45) is 0. The second-order valence-corrected chi connectivity index (χ2v) is 3.71. The van der Waals surface area contributed by atoms with Crippen molar-refractivity contribution in [3.8, 4) is 11.6 Å². The summed E-state index contributed by atoms with van der Waals surface area (Å²) in [5.74, 6) is -0.914. The summed E-state index contributed by atoms with van der Waals surface area (Å²) in [6, 6.07) is 7.75. The number of nitro benzene ring substituents is 1. The van der Waals surface area contributed by atoms with Crippen LogP contribution in [0.2, 0.25) is 5.02 Å². The molecule has 0 radical (unpaired) electrons. The number of benzene rings is 1. The Hall–Kier alpha value is -2.21. The van der Waals surface area contributed by atoms with Crippen LogP contribution in [0.1, 0.15) is 0 Å². The average Bonchev–Trinajstić information content (AvgIpc) is 2.28. The number of hydrogen-bond acceptors (Lipinski definition) is 4. The molecule has 0 fully saturated rings. The molecule has 0 aliphatic rings. The van der Waals surface area contributed by atoms with Gasteiger partial charge in [-0.2, -0.15) is 9.37 Å². The summed E-state index contributed by atoms with van der Waals surface area (Å²) in [7, 11) is 0. The summed E-state index contributed by atoms with van der Waals surface area (Å²) < 4.78 is 18.0. The molecular weight excluding hydrogens is 263 g/mol. The Bertz CT molecular complexity index is 607. The molecule has 1 heterocycles. The van der Waals surface area contributed by atoms with Crippen LogP contribution in [0.5, 0.6) is 11.6 Å². The first-order chi connectivity index (χ1) is 8.56. The van der Waals surface area contributed by atoms with E-state index in [0.717, 1.165) is 6.07 Å². The van der Waals surface area contributed by atoms with Gasteiger partial charge in [0, 0.05) is 23.2 Å². The van der Waals surface area contributed by atoms with E-state index in [1.165, 1.54) is 30.3 Å². The number of nitrogens with zero attached hydrogens (tertiary/aromatic N) is 2. The molecule has 5 nitrogen and oxygen atoms in total. The summed E-state index contributed by atoms with van der Waals surface area (Å²) >= 11 is 5.72. The molecular formula is C11H6ClFN2O3. The number of aromatic nitrogens is 1. The maximum atomic E-state index is 12.9. The number of rotatable bonds is 3. The quantitative estimate of drug-likeness (QED) is 0.485. The van der Waals surface area contributed by atoms with E-state index in [-0.39, 0.29) is 22.3 Å². The third kappa shape index (κ3) is 2.72. The number of pyridine rings is 1. The highest BCUT2D eigenvalue weighted by Gasteiger charge is 2.16. The topological polar surface area (TPSA) is 65.3 Å². The molecule has 0 aliphatic heterocycles. The summed E-state index contributed by atoms with van der Waals surface area (Å²) in [5.41, 5.74) is -0.273. The van der Waals surface area contributed by atoms with Crippen molar-refractivity contribution in [3.05, 3.63) is 57.5 Å². The van der Waals surface area contributed by atoms with Crippen LogP contribution in [0.3, 0.4) is 0 Å². The Morgan fingerprint density at radius 1 is 1.33 bits per heavy atom. The molecule has 0 spiro atoms. The van der Waals surface area contributed by atoms with Crippen molar-refractivity contribution in [2.75, 3.05) is 0 Å². The van der Waals surface area contributed by atoms with Crippen molar-refractivity contribution < 1.29 is 14.1 Å². The molecule has 18 heavy (non-hydrogen) atoms. The van der Waals surface area contributed by atoms with E-state index >= 15 is 0 Å².